The quantitative estimate of drug-likeness (QED) is 0.753. The van der Waals surface area contributed by atoms with E-state index in [1.807, 2.05) is 0 Å². The maximum absolute atomic E-state index is 13.1. The zero-order valence-corrected chi connectivity index (χ0v) is 7.56. The molecule has 0 spiro atoms. The summed E-state index contributed by atoms with van der Waals surface area (Å²) in [5, 5.41) is 8.42. The Morgan fingerprint density at radius 2 is 1.93 bits per heavy atom. The molecule has 1 aromatic carbocycles. The number of aromatic carboxylic acids is 1. The Bertz CT molecular complexity index is 407. The molecule has 3 N–H and O–H groups in total. The summed E-state index contributed by atoms with van der Waals surface area (Å²) in [6, 6.07) is 0.648. The standard InChI is InChI=1S/C9H8F3NO2/c10-5-3-4(1-2-13)7(11)8(12)6(5)9(14)15/h3H,1-2,13H2,(H,14,15). The number of carboxylic acids is 1. The SMILES string of the molecule is NCCc1cc(F)c(C(=O)O)c(F)c1F. The monoisotopic (exact) mass is 219 g/mol. The summed E-state index contributed by atoms with van der Waals surface area (Å²) >= 11 is 0. The number of hydrogen-bond acceptors (Lipinski definition) is 2. The summed E-state index contributed by atoms with van der Waals surface area (Å²) in [5.74, 6) is -6.20. The molecule has 0 saturated carbocycles. The zero-order chi connectivity index (χ0) is 11.6. The number of rotatable bonds is 3. The van der Waals surface area contributed by atoms with Crippen LogP contribution in [0.15, 0.2) is 6.07 Å². The van der Waals surface area contributed by atoms with E-state index in [2.05, 4.69) is 0 Å². The van der Waals surface area contributed by atoms with Crippen LogP contribution in [0.2, 0.25) is 0 Å². The van der Waals surface area contributed by atoms with E-state index in [9.17, 15) is 18.0 Å². The van der Waals surface area contributed by atoms with Gasteiger partial charge < -0.3 is 10.8 Å². The Morgan fingerprint density at radius 1 is 1.33 bits per heavy atom. The van der Waals surface area contributed by atoms with E-state index in [1.165, 1.54) is 0 Å². The predicted octanol–water partition coefficient (Wildman–Crippen LogP) is 1.30. The van der Waals surface area contributed by atoms with Gasteiger partial charge in [0, 0.05) is 0 Å². The van der Waals surface area contributed by atoms with E-state index in [0.717, 1.165) is 0 Å². The van der Waals surface area contributed by atoms with Crippen molar-refractivity contribution in [1.29, 1.82) is 0 Å². The first-order chi connectivity index (χ1) is 6.99. The van der Waals surface area contributed by atoms with Gasteiger partial charge in [-0.25, -0.2) is 18.0 Å². The lowest BCUT2D eigenvalue weighted by molar-refractivity contribution is 0.0685. The number of nitrogens with two attached hydrogens (primary N) is 1. The fourth-order valence-corrected chi connectivity index (χ4v) is 1.18. The lowest BCUT2D eigenvalue weighted by Gasteiger charge is -2.06. The second-order valence-corrected chi connectivity index (χ2v) is 2.86. The minimum absolute atomic E-state index is 0.0161. The maximum atomic E-state index is 13.1. The molecule has 0 aliphatic heterocycles. The van der Waals surface area contributed by atoms with E-state index >= 15 is 0 Å². The van der Waals surface area contributed by atoms with Crippen molar-refractivity contribution in [2.24, 2.45) is 5.73 Å². The summed E-state index contributed by atoms with van der Waals surface area (Å²) < 4.78 is 39.2. The molecule has 0 aliphatic carbocycles. The number of benzene rings is 1. The van der Waals surface area contributed by atoms with Gasteiger partial charge in [-0.2, -0.15) is 0 Å². The smallest absolute Gasteiger partial charge is 0.341 e. The van der Waals surface area contributed by atoms with Crippen molar-refractivity contribution >= 4 is 5.97 Å². The van der Waals surface area contributed by atoms with Crippen LogP contribution in [0.5, 0.6) is 0 Å². The van der Waals surface area contributed by atoms with Gasteiger partial charge in [0.25, 0.3) is 0 Å². The van der Waals surface area contributed by atoms with Gasteiger partial charge >= 0.3 is 5.97 Å². The van der Waals surface area contributed by atoms with E-state index in [4.69, 9.17) is 10.8 Å². The van der Waals surface area contributed by atoms with Crippen molar-refractivity contribution in [3.8, 4) is 0 Å². The Balaban J connectivity index is 3.37. The van der Waals surface area contributed by atoms with Crippen LogP contribution in [0.4, 0.5) is 13.2 Å². The average molecular weight is 219 g/mol. The molecular formula is C9H8F3NO2. The van der Waals surface area contributed by atoms with E-state index in [0.29, 0.717) is 6.07 Å². The zero-order valence-electron chi connectivity index (χ0n) is 7.56. The minimum atomic E-state index is -1.84. The molecule has 1 aromatic rings. The van der Waals surface area contributed by atoms with E-state index in [1.54, 1.807) is 0 Å². The molecule has 15 heavy (non-hydrogen) atoms. The van der Waals surface area contributed by atoms with Gasteiger partial charge in [-0.1, -0.05) is 0 Å². The Morgan fingerprint density at radius 3 is 2.40 bits per heavy atom. The van der Waals surface area contributed by atoms with Crippen LogP contribution in [0.25, 0.3) is 0 Å². The van der Waals surface area contributed by atoms with Crippen LogP contribution in [0.1, 0.15) is 15.9 Å². The molecular weight excluding hydrogens is 211 g/mol. The summed E-state index contributed by atoms with van der Waals surface area (Å²) in [7, 11) is 0. The molecule has 0 saturated heterocycles. The van der Waals surface area contributed by atoms with E-state index < -0.39 is 29.0 Å². The highest BCUT2D eigenvalue weighted by Crippen LogP contribution is 2.20. The molecule has 0 atom stereocenters. The van der Waals surface area contributed by atoms with Crippen LogP contribution in [0.3, 0.4) is 0 Å². The van der Waals surface area contributed by atoms with Gasteiger partial charge in [-0.05, 0) is 24.6 Å². The summed E-state index contributed by atoms with van der Waals surface area (Å²) in [6.07, 6.45) is -0.0560. The topological polar surface area (TPSA) is 63.3 Å². The Kier molecular flexibility index (Phi) is 3.31. The molecule has 0 heterocycles. The van der Waals surface area contributed by atoms with Crippen molar-refractivity contribution < 1.29 is 23.1 Å². The first-order valence-corrected chi connectivity index (χ1v) is 4.08. The van der Waals surface area contributed by atoms with Crippen LogP contribution in [0, 0.1) is 17.5 Å². The highest BCUT2D eigenvalue weighted by molar-refractivity contribution is 5.88. The molecule has 82 valence electrons. The normalized spacial score (nSPS) is 10.4. The summed E-state index contributed by atoms with van der Waals surface area (Å²) in [4.78, 5) is 10.4. The third-order valence-electron chi connectivity index (χ3n) is 1.86. The molecule has 0 radical (unpaired) electrons. The lowest BCUT2D eigenvalue weighted by Crippen LogP contribution is -2.12. The molecule has 0 amide bonds. The third kappa shape index (κ3) is 2.10. The molecule has 0 aromatic heterocycles. The first kappa shape index (κ1) is 11.5. The maximum Gasteiger partial charge on any atom is 0.341 e. The van der Waals surface area contributed by atoms with Gasteiger partial charge in [0.05, 0.1) is 0 Å². The number of hydrogen-bond donors (Lipinski definition) is 2. The predicted molar refractivity (Wildman–Crippen MR) is 46.0 cm³/mol. The van der Waals surface area contributed by atoms with Crippen LogP contribution >= 0.6 is 0 Å². The lowest BCUT2D eigenvalue weighted by atomic mass is 10.1. The minimum Gasteiger partial charge on any atom is -0.477 e. The Hall–Kier alpha value is -1.56. The largest absolute Gasteiger partial charge is 0.477 e. The van der Waals surface area contributed by atoms with Crippen molar-refractivity contribution in [3.05, 3.63) is 34.6 Å². The molecule has 6 heteroatoms. The van der Waals surface area contributed by atoms with Gasteiger partial charge in [0.1, 0.15) is 11.4 Å². The number of halogens is 3. The van der Waals surface area contributed by atoms with E-state index in [-0.39, 0.29) is 18.5 Å². The summed E-state index contributed by atoms with van der Waals surface area (Å²) in [6.45, 7) is 0.0161. The molecule has 0 unspecified atom stereocenters. The number of carboxylic acid groups (broad SMARTS) is 1. The van der Waals surface area contributed by atoms with Gasteiger partial charge in [0.2, 0.25) is 0 Å². The van der Waals surface area contributed by atoms with Crippen molar-refractivity contribution in [1.82, 2.24) is 0 Å². The van der Waals surface area contributed by atoms with Crippen molar-refractivity contribution in [2.75, 3.05) is 6.54 Å². The second kappa shape index (κ2) is 4.31. The fourth-order valence-electron chi connectivity index (χ4n) is 1.18. The molecule has 0 bridgehead atoms. The van der Waals surface area contributed by atoms with Gasteiger partial charge in [-0.15, -0.1) is 0 Å². The fraction of sp³-hybridized carbons (Fsp3) is 0.222. The first-order valence-electron chi connectivity index (χ1n) is 4.08. The average Bonchev–Trinajstić information content (AvgIpc) is 2.13. The molecule has 0 fully saturated rings. The van der Waals surface area contributed by atoms with Crippen molar-refractivity contribution in [3.63, 3.8) is 0 Å². The van der Waals surface area contributed by atoms with Gasteiger partial charge in [-0.3, -0.25) is 0 Å². The highest BCUT2D eigenvalue weighted by atomic mass is 19.2. The third-order valence-corrected chi connectivity index (χ3v) is 1.86. The molecule has 3 nitrogen and oxygen atoms in total. The highest BCUT2D eigenvalue weighted by Gasteiger charge is 2.22. The van der Waals surface area contributed by atoms with Crippen LogP contribution in [-0.4, -0.2) is 17.6 Å². The summed E-state index contributed by atoms with van der Waals surface area (Å²) in [5.41, 5.74) is 3.55. The number of carbonyl (C=O) groups is 1. The van der Waals surface area contributed by atoms with Crippen molar-refractivity contribution in [2.45, 2.75) is 6.42 Å². The van der Waals surface area contributed by atoms with Crippen LogP contribution < -0.4 is 5.73 Å². The van der Waals surface area contributed by atoms with Crippen LogP contribution in [-0.2, 0) is 6.42 Å². The molecule has 1 rings (SSSR count). The Labute approximate surface area is 83.3 Å². The second-order valence-electron chi connectivity index (χ2n) is 2.86. The molecule has 0 aliphatic rings. The van der Waals surface area contributed by atoms with Gasteiger partial charge in [0.15, 0.2) is 11.6 Å².